The van der Waals surface area contributed by atoms with Crippen LogP contribution in [0.2, 0.25) is 0 Å². The predicted molar refractivity (Wildman–Crippen MR) is 189 cm³/mol. The Morgan fingerprint density at radius 1 is 0.696 bits per heavy atom. The van der Waals surface area contributed by atoms with Crippen LogP contribution in [0.5, 0.6) is 11.5 Å². The molecule has 8 heteroatoms. The molecule has 0 heterocycles. The van der Waals surface area contributed by atoms with Crippen molar-refractivity contribution < 1.29 is 28.6 Å². The minimum absolute atomic E-state index is 0.00760. The standard InChI is InChI=1S/C38H38O6S2/c1-4-36(39)44-21-9-7-6-8-20-42-34-18-14-30-25-32(11-10-31(30)26-34)38(41)46-35-19-15-29(24-27(35)3)28-12-16-33(17-13-28)43-22-23-45-37(40)5-2/h4-5,10-19,24-26H,1-2,6-9,20-23H2,3H3. The summed E-state index contributed by atoms with van der Waals surface area (Å²) in [4.78, 5) is 36.5. The number of carbonyl (C=O) groups excluding carboxylic acids is 3. The molecule has 4 rings (SSSR count). The predicted octanol–water partition coefficient (Wildman–Crippen LogP) is 9.24. The Morgan fingerprint density at radius 2 is 1.37 bits per heavy atom. The number of carbonyl (C=O) groups is 3. The van der Waals surface area contributed by atoms with Crippen LogP contribution in [0.25, 0.3) is 21.9 Å². The van der Waals surface area contributed by atoms with Crippen LogP contribution in [0.3, 0.4) is 0 Å². The number of esters is 1. The zero-order valence-electron chi connectivity index (χ0n) is 26.0. The SMILES string of the molecule is C=CC(=O)OCCCCCCOc1ccc2cc(C(=O)Sc3ccc(-c4ccc(OCCSC(=O)C=C)cc4)cc3C)ccc2c1. The minimum atomic E-state index is -0.381. The van der Waals surface area contributed by atoms with Crippen molar-refractivity contribution in [1.82, 2.24) is 0 Å². The van der Waals surface area contributed by atoms with Gasteiger partial charge in [-0.05, 0) is 120 Å². The molecule has 0 unspecified atom stereocenters. The highest BCUT2D eigenvalue weighted by atomic mass is 32.2. The second kappa shape index (κ2) is 18.0. The van der Waals surface area contributed by atoms with Crippen molar-refractivity contribution in [3.63, 3.8) is 0 Å². The summed E-state index contributed by atoms with van der Waals surface area (Å²) in [5.41, 5.74) is 3.79. The van der Waals surface area contributed by atoms with Crippen LogP contribution in [-0.4, -0.2) is 41.8 Å². The van der Waals surface area contributed by atoms with E-state index >= 15 is 0 Å². The Labute approximate surface area is 279 Å². The van der Waals surface area contributed by atoms with Crippen molar-refractivity contribution in [2.45, 2.75) is 37.5 Å². The first-order valence-corrected chi connectivity index (χ1v) is 17.0. The number of aryl methyl sites for hydroxylation is 1. The number of rotatable bonds is 17. The molecule has 0 aliphatic carbocycles. The summed E-state index contributed by atoms with van der Waals surface area (Å²) in [5, 5.41) is 1.93. The molecule has 0 aliphatic heterocycles. The molecular formula is C38H38O6S2. The lowest BCUT2D eigenvalue weighted by Gasteiger charge is -2.10. The van der Waals surface area contributed by atoms with Crippen LogP contribution >= 0.6 is 23.5 Å². The molecule has 0 atom stereocenters. The van der Waals surface area contributed by atoms with E-state index in [1.165, 1.54) is 35.7 Å². The zero-order chi connectivity index (χ0) is 32.7. The quantitative estimate of drug-likeness (QED) is 0.0483. The van der Waals surface area contributed by atoms with Crippen molar-refractivity contribution in [3.8, 4) is 22.6 Å². The molecule has 0 bridgehead atoms. The number of thioether (sulfide) groups is 2. The van der Waals surface area contributed by atoms with E-state index in [1.54, 1.807) is 0 Å². The van der Waals surface area contributed by atoms with Crippen molar-refractivity contribution in [2.24, 2.45) is 0 Å². The molecule has 238 valence electrons. The van der Waals surface area contributed by atoms with E-state index in [4.69, 9.17) is 14.2 Å². The first kappa shape index (κ1) is 34.6. The number of benzene rings is 4. The fourth-order valence-electron chi connectivity index (χ4n) is 4.63. The Kier molecular flexibility index (Phi) is 13.6. The zero-order valence-corrected chi connectivity index (χ0v) is 27.6. The van der Waals surface area contributed by atoms with E-state index in [0.29, 0.717) is 31.1 Å². The maximum Gasteiger partial charge on any atom is 0.330 e. The molecule has 0 aromatic heterocycles. The van der Waals surface area contributed by atoms with Gasteiger partial charge in [-0.1, -0.05) is 61.3 Å². The number of unbranched alkanes of at least 4 members (excludes halogenated alkanes) is 3. The van der Waals surface area contributed by atoms with Crippen LogP contribution in [0, 0.1) is 6.92 Å². The summed E-state index contributed by atoms with van der Waals surface area (Å²) in [6.07, 6.45) is 6.19. The summed E-state index contributed by atoms with van der Waals surface area (Å²) < 4.78 is 16.6. The summed E-state index contributed by atoms with van der Waals surface area (Å²) in [7, 11) is 0. The van der Waals surface area contributed by atoms with Crippen molar-refractivity contribution in [3.05, 3.63) is 115 Å². The molecule has 6 nitrogen and oxygen atoms in total. The normalized spacial score (nSPS) is 10.7. The summed E-state index contributed by atoms with van der Waals surface area (Å²) in [6.45, 7) is 10.3. The topological polar surface area (TPSA) is 78.9 Å². The van der Waals surface area contributed by atoms with Gasteiger partial charge in [0.25, 0.3) is 0 Å². The third-order valence-electron chi connectivity index (χ3n) is 7.09. The largest absolute Gasteiger partial charge is 0.494 e. The van der Waals surface area contributed by atoms with Crippen LogP contribution in [0.4, 0.5) is 0 Å². The highest BCUT2D eigenvalue weighted by Crippen LogP contribution is 2.32. The smallest absolute Gasteiger partial charge is 0.330 e. The van der Waals surface area contributed by atoms with Crippen LogP contribution in [-0.2, 0) is 14.3 Å². The maximum absolute atomic E-state index is 13.2. The van der Waals surface area contributed by atoms with Gasteiger partial charge in [0.05, 0.1) is 19.8 Å². The molecule has 0 saturated heterocycles. The van der Waals surface area contributed by atoms with Gasteiger partial charge in [-0.2, -0.15) is 0 Å². The second-order valence-corrected chi connectivity index (χ2v) is 12.6. The minimum Gasteiger partial charge on any atom is -0.494 e. The van der Waals surface area contributed by atoms with E-state index in [-0.39, 0.29) is 16.2 Å². The lowest BCUT2D eigenvalue weighted by atomic mass is 10.0. The monoisotopic (exact) mass is 654 g/mol. The molecule has 0 aliphatic rings. The molecule has 4 aromatic carbocycles. The van der Waals surface area contributed by atoms with E-state index in [9.17, 15) is 14.4 Å². The fraction of sp³-hybridized carbons (Fsp3) is 0.237. The lowest BCUT2D eigenvalue weighted by molar-refractivity contribution is -0.137. The van der Waals surface area contributed by atoms with Gasteiger partial charge < -0.3 is 14.2 Å². The second-order valence-electron chi connectivity index (χ2n) is 10.5. The van der Waals surface area contributed by atoms with Gasteiger partial charge in [-0.25, -0.2) is 4.79 Å². The van der Waals surface area contributed by atoms with Gasteiger partial charge in [0, 0.05) is 22.3 Å². The van der Waals surface area contributed by atoms with E-state index in [0.717, 1.165) is 69.5 Å². The Morgan fingerprint density at radius 3 is 2.11 bits per heavy atom. The van der Waals surface area contributed by atoms with Crippen molar-refractivity contribution in [2.75, 3.05) is 25.6 Å². The number of hydrogen-bond donors (Lipinski definition) is 0. The van der Waals surface area contributed by atoms with E-state index in [1.807, 2.05) is 79.7 Å². The lowest BCUT2D eigenvalue weighted by Crippen LogP contribution is -2.02. The number of ether oxygens (including phenoxy) is 3. The van der Waals surface area contributed by atoms with Gasteiger partial charge in [-0.3, -0.25) is 9.59 Å². The van der Waals surface area contributed by atoms with Gasteiger partial charge in [0.1, 0.15) is 11.5 Å². The van der Waals surface area contributed by atoms with Gasteiger partial charge in [-0.15, -0.1) is 0 Å². The number of fused-ring (bicyclic) bond motifs is 1. The summed E-state index contributed by atoms with van der Waals surface area (Å²) in [6, 6.07) is 25.6. The average Bonchev–Trinajstić information content (AvgIpc) is 3.08. The Bertz CT molecular complexity index is 1680. The van der Waals surface area contributed by atoms with Crippen LogP contribution in [0.15, 0.2) is 109 Å². The molecule has 0 N–H and O–H groups in total. The van der Waals surface area contributed by atoms with E-state index in [2.05, 4.69) is 19.2 Å². The molecule has 0 radical (unpaired) electrons. The Balaban J connectivity index is 1.26. The molecule has 0 amide bonds. The first-order chi connectivity index (χ1) is 22.4. The van der Waals surface area contributed by atoms with Crippen molar-refractivity contribution >= 4 is 50.5 Å². The summed E-state index contributed by atoms with van der Waals surface area (Å²) in [5.74, 6) is 1.74. The average molecular weight is 655 g/mol. The van der Waals surface area contributed by atoms with Gasteiger partial charge >= 0.3 is 5.97 Å². The molecule has 0 saturated carbocycles. The van der Waals surface area contributed by atoms with Crippen molar-refractivity contribution in [1.29, 1.82) is 0 Å². The third-order valence-corrected chi connectivity index (χ3v) is 9.02. The Hall–Kier alpha value is -4.27. The maximum atomic E-state index is 13.2. The molecule has 4 aromatic rings. The van der Waals surface area contributed by atoms with Crippen LogP contribution < -0.4 is 9.47 Å². The van der Waals surface area contributed by atoms with Crippen LogP contribution in [0.1, 0.15) is 41.6 Å². The van der Waals surface area contributed by atoms with Gasteiger partial charge in [0.2, 0.25) is 10.2 Å². The molecule has 0 spiro atoms. The fourth-order valence-corrected chi connectivity index (χ4v) is 5.91. The molecule has 0 fully saturated rings. The highest BCUT2D eigenvalue weighted by Gasteiger charge is 2.12. The van der Waals surface area contributed by atoms with E-state index < -0.39 is 0 Å². The third kappa shape index (κ3) is 10.7. The summed E-state index contributed by atoms with van der Waals surface area (Å²) >= 11 is 2.42. The first-order valence-electron chi connectivity index (χ1n) is 15.2. The molecular weight excluding hydrogens is 617 g/mol. The van der Waals surface area contributed by atoms with Gasteiger partial charge in [0.15, 0.2) is 0 Å². The molecule has 46 heavy (non-hydrogen) atoms. The number of hydrogen-bond acceptors (Lipinski definition) is 8. The highest BCUT2D eigenvalue weighted by molar-refractivity contribution is 8.14.